The molecule has 1 aromatic carbocycles. The lowest BCUT2D eigenvalue weighted by Crippen LogP contribution is -2.37. The van der Waals surface area contributed by atoms with E-state index in [9.17, 15) is 0 Å². The lowest BCUT2D eigenvalue weighted by Gasteiger charge is -2.31. The topological polar surface area (TPSA) is 12.0 Å². The summed E-state index contributed by atoms with van der Waals surface area (Å²) in [7, 11) is 0. The van der Waals surface area contributed by atoms with Crippen LogP contribution in [0.4, 0.5) is 0 Å². The molecule has 2 aliphatic rings. The van der Waals surface area contributed by atoms with Gasteiger partial charge in [0.1, 0.15) is 0 Å². The molecule has 0 fully saturated rings. The molecule has 0 amide bonds. The summed E-state index contributed by atoms with van der Waals surface area (Å²) in [4.78, 5) is 0. The summed E-state index contributed by atoms with van der Waals surface area (Å²) in [6, 6.07) is 10.1. The fourth-order valence-electron chi connectivity index (χ4n) is 2.60. The number of fused-ring (bicyclic) bond motifs is 4. The van der Waals surface area contributed by atoms with Crippen molar-refractivity contribution < 1.29 is 0 Å². The second kappa shape index (κ2) is 3.25. The average Bonchev–Trinajstić information content (AvgIpc) is 2.41. The van der Waals surface area contributed by atoms with E-state index in [0.29, 0.717) is 12.1 Å². The summed E-state index contributed by atoms with van der Waals surface area (Å²) in [6.45, 7) is 0. The van der Waals surface area contributed by atoms with Gasteiger partial charge in [-0.25, -0.2) is 0 Å². The van der Waals surface area contributed by atoms with E-state index in [4.69, 9.17) is 0 Å². The van der Waals surface area contributed by atoms with Gasteiger partial charge in [-0.2, -0.15) is 0 Å². The monoisotopic (exact) mass is 185 g/mol. The second-order valence-electron chi connectivity index (χ2n) is 4.26. The average molecular weight is 185 g/mol. The minimum Gasteiger partial charge on any atom is -0.306 e. The Bertz CT molecular complexity index is 367. The highest BCUT2D eigenvalue weighted by atomic mass is 15.0. The molecule has 0 spiro atoms. The van der Waals surface area contributed by atoms with Crippen LogP contribution in [0.15, 0.2) is 36.4 Å². The standard InChI is InChI=1S/C13H15N/c1-3-7-12-10(5-1)9-11-6-2-4-8-13(12)14-11/h1-5,7,11,13-14H,6,8-9H2/t11-,13-/m0/s1. The first kappa shape index (κ1) is 8.25. The Morgan fingerprint density at radius 1 is 1.07 bits per heavy atom. The number of nitrogens with one attached hydrogen (secondary N) is 1. The molecule has 3 rings (SSSR count). The van der Waals surface area contributed by atoms with Crippen LogP contribution in [0.25, 0.3) is 0 Å². The fraction of sp³-hybridized carbons (Fsp3) is 0.385. The van der Waals surface area contributed by atoms with E-state index in [1.807, 2.05) is 0 Å². The molecule has 2 aliphatic heterocycles. The number of rotatable bonds is 0. The SMILES string of the molecule is C1=CC[C@@H]2N[C@@H](C1)Cc1ccccc12. The Hall–Kier alpha value is -1.08. The fourth-order valence-corrected chi connectivity index (χ4v) is 2.60. The van der Waals surface area contributed by atoms with Gasteiger partial charge >= 0.3 is 0 Å². The maximum atomic E-state index is 3.71. The van der Waals surface area contributed by atoms with Crippen LogP contribution >= 0.6 is 0 Å². The van der Waals surface area contributed by atoms with Crippen molar-refractivity contribution in [2.45, 2.75) is 31.3 Å². The van der Waals surface area contributed by atoms with E-state index >= 15 is 0 Å². The van der Waals surface area contributed by atoms with E-state index in [-0.39, 0.29) is 0 Å². The van der Waals surface area contributed by atoms with Gasteiger partial charge in [-0.15, -0.1) is 0 Å². The van der Waals surface area contributed by atoms with Gasteiger partial charge in [-0.05, 0) is 30.4 Å². The van der Waals surface area contributed by atoms with Crippen LogP contribution in [-0.2, 0) is 6.42 Å². The molecule has 0 radical (unpaired) electrons. The van der Waals surface area contributed by atoms with Gasteiger partial charge < -0.3 is 5.32 Å². The van der Waals surface area contributed by atoms with Gasteiger partial charge in [-0.1, -0.05) is 36.4 Å². The first-order valence-electron chi connectivity index (χ1n) is 5.42. The summed E-state index contributed by atoms with van der Waals surface area (Å²) in [5, 5.41) is 3.71. The highest BCUT2D eigenvalue weighted by Crippen LogP contribution is 2.30. The maximum absolute atomic E-state index is 3.71. The van der Waals surface area contributed by atoms with E-state index in [1.54, 1.807) is 5.56 Å². The summed E-state index contributed by atoms with van der Waals surface area (Å²) >= 11 is 0. The van der Waals surface area contributed by atoms with Crippen molar-refractivity contribution in [2.24, 2.45) is 0 Å². The van der Waals surface area contributed by atoms with Gasteiger partial charge in [0.25, 0.3) is 0 Å². The van der Waals surface area contributed by atoms with E-state index < -0.39 is 0 Å². The smallest absolute Gasteiger partial charge is 0.0360 e. The van der Waals surface area contributed by atoms with Gasteiger partial charge in [0.05, 0.1) is 0 Å². The molecule has 1 aromatic rings. The van der Waals surface area contributed by atoms with Gasteiger partial charge in [-0.3, -0.25) is 0 Å². The highest BCUT2D eigenvalue weighted by molar-refractivity contribution is 5.34. The molecule has 1 nitrogen and oxygen atoms in total. The Kier molecular flexibility index (Phi) is 1.91. The van der Waals surface area contributed by atoms with Crippen LogP contribution in [-0.4, -0.2) is 6.04 Å². The third-order valence-corrected chi connectivity index (χ3v) is 3.29. The van der Waals surface area contributed by atoms with Crippen molar-refractivity contribution in [2.75, 3.05) is 0 Å². The van der Waals surface area contributed by atoms with Crippen LogP contribution in [0.1, 0.15) is 30.0 Å². The third-order valence-electron chi connectivity index (χ3n) is 3.29. The van der Waals surface area contributed by atoms with Crippen molar-refractivity contribution in [3.63, 3.8) is 0 Å². The van der Waals surface area contributed by atoms with E-state index in [1.165, 1.54) is 18.4 Å². The Morgan fingerprint density at radius 3 is 2.93 bits per heavy atom. The largest absolute Gasteiger partial charge is 0.306 e. The van der Waals surface area contributed by atoms with Crippen molar-refractivity contribution in [3.05, 3.63) is 47.5 Å². The lowest BCUT2D eigenvalue weighted by molar-refractivity contribution is 0.416. The molecule has 2 atom stereocenters. The van der Waals surface area contributed by atoms with Crippen LogP contribution < -0.4 is 5.32 Å². The molecule has 1 N–H and O–H groups in total. The highest BCUT2D eigenvalue weighted by Gasteiger charge is 2.25. The molecule has 0 aromatic heterocycles. The maximum Gasteiger partial charge on any atom is 0.0360 e. The Morgan fingerprint density at radius 2 is 1.93 bits per heavy atom. The van der Waals surface area contributed by atoms with Gasteiger partial charge in [0, 0.05) is 12.1 Å². The predicted octanol–water partition coefficient (Wildman–Crippen LogP) is 2.59. The summed E-state index contributed by atoms with van der Waals surface area (Å²) in [6.07, 6.45) is 8.17. The molecule has 0 saturated heterocycles. The van der Waals surface area contributed by atoms with Crippen LogP contribution in [0.5, 0.6) is 0 Å². The van der Waals surface area contributed by atoms with E-state index in [2.05, 4.69) is 41.7 Å². The Balaban J connectivity index is 2.05. The summed E-state index contributed by atoms with van der Waals surface area (Å²) in [5.41, 5.74) is 3.06. The van der Waals surface area contributed by atoms with Gasteiger partial charge in [0.2, 0.25) is 0 Å². The molecule has 2 bridgehead atoms. The molecule has 14 heavy (non-hydrogen) atoms. The summed E-state index contributed by atoms with van der Waals surface area (Å²) < 4.78 is 0. The molecular formula is C13H15N. The minimum atomic E-state index is 0.559. The predicted molar refractivity (Wildman–Crippen MR) is 58.2 cm³/mol. The normalized spacial score (nSPS) is 29.4. The number of hydrogen-bond acceptors (Lipinski definition) is 1. The third kappa shape index (κ3) is 1.28. The number of hydrogen-bond donors (Lipinski definition) is 1. The van der Waals surface area contributed by atoms with Crippen LogP contribution in [0.2, 0.25) is 0 Å². The zero-order valence-corrected chi connectivity index (χ0v) is 8.24. The molecule has 72 valence electrons. The van der Waals surface area contributed by atoms with Crippen molar-refractivity contribution in [3.8, 4) is 0 Å². The Labute approximate surface area is 84.8 Å². The zero-order chi connectivity index (χ0) is 9.38. The van der Waals surface area contributed by atoms with Gasteiger partial charge in [0.15, 0.2) is 0 Å². The molecule has 0 aliphatic carbocycles. The first-order chi connectivity index (χ1) is 6.93. The molecule has 2 heterocycles. The number of benzene rings is 1. The molecular weight excluding hydrogens is 170 g/mol. The van der Waals surface area contributed by atoms with Crippen molar-refractivity contribution in [1.29, 1.82) is 0 Å². The van der Waals surface area contributed by atoms with Crippen LogP contribution in [0.3, 0.4) is 0 Å². The van der Waals surface area contributed by atoms with Crippen molar-refractivity contribution in [1.82, 2.24) is 5.32 Å². The molecule has 0 saturated carbocycles. The molecule has 1 heteroatoms. The first-order valence-corrected chi connectivity index (χ1v) is 5.42. The molecule has 0 unspecified atom stereocenters. The lowest BCUT2D eigenvalue weighted by atomic mass is 9.89. The minimum absolute atomic E-state index is 0.559. The van der Waals surface area contributed by atoms with Crippen LogP contribution in [0, 0.1) is 0 Å². The van der Waals surface area contributed by atoms with Crippen molar-refractivity contribution >= 4 is 0 Å². The second-order valence-corrected chi connectivity index (χ2v) is 4.26. The van der Waals surface area contributed by atoms with E-state index in [0.717, 1.165) is 6.42 Å². The summed E-state index contributed by atoms with van der Waals surface area (Å²) in [5.74, 6) is 0. The zero-order valence-electron chi connectivity index (χ0n) is 8.24. The quantitative estimate of drug-likeness (QED) is 0.613.